The van der Waals surface area contributed by atoms with Crippen molar-refractivity contribution < 1.29 is 0 Å². The average molecular weight is 196 g/mol. The predicted octanol–water partition coefficient (Wildman–Crippen LogP) is 1.60. The number of nitrogen functional groups attached to an aromatic ring is 1. The van der Waals surface area contributed by atoms with Gasteiger partial charge in [-0.2, -0.15) is 5.26 Å². The van der Waals surface area contributed by atoms with E-state index in [4.69, 9.17) is 11.0 Å². The summed E-state index contributed by atoms with van der Waals surface area (Å²) in [6.45, 7) is 0. The maximum atomic E-state index is 8.64. The highest BCUT2D eigenvalue weighted by atomic mass is 15.0. The first-order valence-corrected chi connectivity index (χ1v) is 4.37. The monoisotopic (exact) mass is 196 g/mol. The van der Waals surface area contributed by atoms with Gasteiger partial charge in [0.2, 0.25) is 5.95 Å². The van der Waals surface area contributed by atoms with Crippen LogP contribution in [-0.2, 0) is 0 Å². The Hall–Kier alpha value is -2.41. The Kier molecular flexibility index (Phi) is 2.30. The van der Waals surface area contributed by atoms with Crippen molar-refractivity contribution in [3.8, 4) is 17.2 Å². The van der Waals surface area contributed by atoms with Gasteiger partial charge in [-0.25, -0.2) is 9.97 Å². The van der Waals surface area contributed by atoms with E-state index < -0.39 is 0 Å². The first kappa shape index (κ1) is 9.16. The Morgan fingerprint density at radius 3 is 2.13 bits per heavy atom. The second-order valence-electron chi connectivity index (χ2n) is 3.02. The van der Waals surface area contributed by atoms with E-state index in [1.165, 1.54) is 0 Å². The van der Waals surface area contributed by atoms with Gasteiger partial charge in [-0.1, -0.05) is 12.1 Å². The summed E-state index contributed by atoms with van der Waals surface area (Å²) in [5.74, 6) is 0.257. The van der Waals surface area contributed by atoms with E-state index in [0.29, 0.717) is 5.56 Å². The molecule has 1 heterocycles. The van der Waals surface area contributed by atoms with E-state index in [1.807, 2.05) is 12.1 Å². The van der Waals surface area contributed by atoms with Gasteiger partial charge in [0.15, 0.2) is 0 Å². The number of rotatable bonds is 1. The highest BCUT2D eigenvalue weighted by Gasteiger charge is 1.98. The minimum atomic E-state index is 0.257. The topological polar surface area (TPSA) is 75.6 Å². The number of anilines is 1. The molecule has 1 aromatic heterocycles. The van der Waals surface area contributed by atoms with E-state index >= 15 is 0 Å². The lowest BCUT2D eigenvalue weighted by atomic mass is 10.1. The van der Waals surface area contributed by atoms with Crippen LogP contribution in [0.25, 0.3) is 11.1 Å². The van der Waals surface area contributed by atoms with E-state index in [0.717, 1.165) is 11.1 Å². The Morgan fingerprint density at radius 1 is 1.00 bits per heavy atom. The molecule has 0 aliphatic rings. The number of nitrogens with zero attached hydrogens (tertiary/aromatic N) is 3. The second kappa shape index (κ2) is 3.76. The molecule has 0 atom stereocenters. The van der Waals surface area contributed by atoms with Gasteiger partial charge in [-0.15, -0.1) is 0 Å². The molecule has 4 nitrogen and oxygen atoms in total. The second-order valence-corrected chi connectivity index (χ2v) is 3.02. The van der Waals surface area contributed by atoms with Crippen LogP contribution in [0.5, 0.6) is 0 Å². The fraction of sp³-hybridized carbons (Fsp3) is 0. The lowest BCUT2D eigenvalue weighted by Crippen LogP contribution is -1.93. The maximum Gasteiger partial charge on any atom is 0.219 e. The molecule has 4 heteroatoms. The molecule has 72 valence electrons. The quantitative estimate of drug-likeness (QED) is 0.751. The van der Waals surface area contributed by atoms with E-state index in [-0.39, 0.29) is 5.95 Å². The van der Waals surface area contributed by atoms with Crippen molar-refractivity contribution in [3.63, 3.8) is 0 Å². The third kappa shape index (κ3) is 1.92. The van der Waals surface area contributed by atoms with Crippen LogP contribution in [-0.4, -0.2) is 9.97 Å². The first-order valence-electron chi connectivity index (χ1n) is 4.37. The van der Waals surface area contributed by atoms with Gasteiger partial charge in [-0.3, -0.25) is 0 Å². The molecule has 0 radical (unpaired) electrons. The first-order chi connectivity index (χ1) is 7.29. The van der Waals surface area contributed by atoms with Crippen LogP contribution in [0.4, 0.5) is 5.95 Å². The maximum absolute atomic E-state index is 8.64. The Labute approximate surface area is 87.0 Å². The molecule has 0 aliphatic heterocycles. The van der Waals surface area contributed by atoms with Gasteiger partial charge < -0.3 is 5.73 Å². The number of nitriles is 1. The van der Waals surface area contributed by atoms with Crippen LogP contribution in [0.1, 0.15) is 5.56 Å². The number of hydrogen-bond acceptors (Lipinski definition) is 4. The highest BCUT2D eigenvalue weighted by Crippen LogP contribution is 2.17. The molecule has 0 unspecified atom stereocenters. The van der Waals surface area contributed by atoms with Gasteiger partial charge in [-0.05, 0) is 17.7 Å². The predicted molar refractivity (Wildman–Crippen MR) is 56.6 cm³/mol. The molecule has 0 saturated heterocycles. The van der Waals surface area contributed by atoms with Crippen LogP contribution in [0.3, 0.4) is 0 Å². The molecule has 15 heavy (non-hydrogen) atoms. The van der Waals surface area contributed by atoms with Gasteiger partial charge in [0.05, 0.1) is 11.6 Å². The molecule has 0 saturated carbocycles. The van der Waals surface area contributed by atoms with Crippen LogP contribution in [0.15, 0.2) is 36.7 Å². The summed E-state index contributed by atoms with van der Waals surface area (Å²) in [5, 5.41) is 8.64. The molecule has 0 fully saturated rings. The van der Waals surface area contributed by atoms with Gasteiger partial charge >= 0.3 is 0 Å². The minimum Gasteiger partial charge on any atom is -0.368 e. The molecular formula is C11H8N4. The highest BCUT2D eigenvalue weighted by molar-refractivity contribution is 5.62. The van der Waals surface area contributed by atoms with Crippen molar-refractivity contribution >= 4 is 5.95 Å². The summed E-state index contributed by atoms with van der Waals surface area (Å²) in [6, 6.07) is 9.28. The Bertz CT molecular complexity index is 494. The third-order valence-corrected chi connectivity index (χ3v) is 2.02. The fourth-order valence-corrected chi connectivity index (χ4v) is 1.22. The zero-order chi connectivity index (χ0) is 10.7. The van der Waals surface area contributed by atoms with E-state index in [9.17, 15) is 0 Å². The summed E-state index contributed by atoms with van der Waals surface area (Å²) in [5.41, 5.74) is 7.87. The van der Waals surface area contributed by atoms with Crippen molar-refractivity contribution in [1.82, 2.24) is 9.97 Å². The standard InChI is InChI=1S/C11H8N4/c12-5-8-1-3-9(4-2-8)10-6-14-11(13)15-7-10/h1-4,6-7H,(H2,13,14,15). The van der Waals surface area contributed by atoms with Crippen LogP contribution < -0.4 is 5.73 Å². The van der Waals surface area contributed by atoms with Crippen LogP contribution >= 0.6 is 0 Å². The summed E-state index contributed by atoms with van der Waals surface area (Å²) < 4.78 is 0. The lowest BCUT2D eigenvalue weighted by Gasteiger charge is -2.00. The summed E-state index contributed by atoms with van der Waals surface area (Å²) in [7, 11) is 0. The summed E-state index contributed by atoms with van der Waals surface area (Å²) >= 11 is 0. The third-order valence-electron chi connectivity index (χ3n) is 2.02. The number of hydrogen-bond donors (Lipinski definition) is 1. The molecule has 2 rings (SSSR count). The normalized spacial score (nSPS) is 9.53. The Balaban J connectivity index is 2.38. The Morgan fingerprint density at radius 2 is 1.60 bits per heavy atom. The smallest absolute Gasteiger partial charge is 0.219 e. The molecule has 0 bridgehead atoms. The molecule has 0 spiro atoms. The van der Waals surface area contributed by atoms with Crippen LogP contribution in [0, 0.1) is 11.3 Å². The van der Waals surface area contributed by atoms with Crippen molar-refractivity contribution in [2.45, 2.75) is 0 Å². The number of aromatic nitrogens is 2. The molecule has 2 N–H and O–H groups in total. The molecule has 0 aliphatic carbocycles. The van der Waals surface area contributed by atoms with Crippen molar-refractivity contribution in [3.05, 3.63) is 42.2 Å². The van der Waals surface area contributed by atoms with Crippen molar-refractivity contribution in [2.75, 3.05) is 5.73 Å². The number of nitrogens with two attached hydrogens (primary N) is 1. The zero-order valence-corrected chi connectivity index (χ0v) is 7.88. The molecule has 1 aromatic carbocycles. The van der Waals surface area contributed by atoms with Gasteiger partial charge in [0.25, 0.3) is 0 Å². The summed E-state index contributed by atoms with van der Waals surface area (Å²) in [6.07, 6.45) is 3.31. The zero-order valence-electron chi connectivity index (χ0n) is 7.88. The number of benzene rings is 1. The molecule has 2 aromatic rings. The average Bonchev–Trinajstić information content (AvgIpc) is 2.30. The molecule has 0 amide bonds. The van der Waals surface area contributed by atoms with Gasteiger partial charge in [0.1, 0.15) is 0 Å². The fourth-order valence-electron chi connectivity index (χ4n) is 1.22. The van der Waals surface area contributed by atoms with Crippen molar-refractivity contribution in [2.24, 2.45) is 0 Å². The van der Waals surface area contributed by atoms with E-state index in [2.05, 4.69) is 16.0 Å². The van der Waals surface area contributed by atoms with Crippen molar-refractivity contribution in [1.29, 1.82) is 5.26 Å². The SMILES string of the molecule is N#Cc1ccc(-c2cnc(N)nc2)cc1. The van der Waals surface area contributed by atoms with E-state index in [1.54, 1.807) is 24.5 Å². The lowest BCUT2D eigenvalue weighted by molar-refractivity contribution is 1.19. The summed E-state index contributed by atoms with van der Waals surface area (Å²) in [4.78, 5) is 7.80. The van der Waals surface area contributed by atoms with Gasteiger partial charge in [0, 0.05) is 18.0 Å². The van der Waals surface area contributed by atoms with Crippen LogP contribution in [0.2, 0.25) is 0 Å². The largest absolute Gasteiger partial charge is 0.368 e. The minimum absolute atomic E-state index is 0.257. The molecular weight excluding hydrogens is 188 g/mol.